The highest BCUT2D eigenvalue weighted by atomic mass is 16.5. The first-order valence-corrected chi connectivity index (χ1v) is 7.24. The van der Waals surface area contributed by atoms with Crippen molar-refractivity contribution in [2.24, 2.45) is 0 Å². The second-order valence-corrected chi connectivity index (χ2v) is 5.30. The van der Waals surface area contributed by atoms with Crippen molar-refractivity contribution in [2.45, 2.75) is 25.4 Å². The molecule has 0 amide bonds. The van der Waals surface area contributed by atoms with Gasteiger partial charge in [0.05, 0.1) is 26.5 Å². The van der Waals surface area contributed by atoms with Gasteiger partial charge in [-0.2, -0.15) is 0 Å². The summed E-state index contributed by atoms with van der Waals surface area (Å²) >= 11 is 0. The lowest BCUT2D eigenvalue weighted by molar-refractivity contribution is 0.144. The number of oxazole rings is 1. The Morgan fingerprint density at radius 1 is 1.38 bits per heavy atom. The maximum absolute atomic E-state index is 9.34. The normalized spacial score (nSPS) is 19.0. The molecule has 5 heteroatoms. The van der Waals surface area contributed by atoms with Gasteiger partial charge in [-0.15, -0.1) is 0 Å². The summed E-state index contributed by atoms with van der Waals surface area (Å²) in [6.45, 7) is 1.85. The summed E-state index contributed by atoms with van der Waals surface area (Å²) in [4.78, 5) is 6.57. The van der Waals surface area contributed by atoms with Gasteiger partial charge in [-0.3, -0.25) is 4.90 Å². The van der Waals surface area contributed by atoms with Crippen LogP contribution in [0.3, 0.4) is 0 Å². The molecule has 1 aliphatic heterocycles. The number of hydrogen-bond acceptors (Lipinski definition) is 5. The first kappa shape index (κ1) is 14.1. The van der Waals surface area contributed by atoms with E-state index >= 15 is 0 Å². The lowest BCUT2D eigenvalue weighted by Crippen LogP contribution is -2.31. The highest BCUT2D eigenvalue weighted by Crippen LogP contribution is 2.25. The molecule has 2 aromatic rings. The summed E-state index contributed by atoms with van der Waals surface area (Å²) in [5.74, 6) is 2.27. The molecule has 5 nitrogen and oxygen atoms in total. The van der Waals surface area contributed by atoms with E-state index in [1.807, 2.05) is 24.3 Å². The smallest absolute Gasteiger partial charge is 0.209 e. The van der Waals surface area contributed by atoms with Crippen molar-refractivity contribution in [3.05, 3.63) is 36.4 Å². The van der Waals surface area contributed by atoms with Crippen molar-refractivity contribution < 1.29 is 14.3 Å². The number of hydrogen-bond donors (Lipinski definition) is 1. The molecular formula is C16H20N2O3. The van der Waals surface area contributed by atoms with E-state index in [9.17, 15) is 5.11 Å². The number of nitrogens with zero attached hydrogens (tertiary/aromatic N) is 2. The van der Waals surface area contributed by atoms with Gasteiger partial charge in [-0.1, -0.05) is 0 Å². The number of aliphatic hydroxyl groups excluding tert-OH is 1. The quantitative estimate of drug-likeness (QED) is 0.915. The summed E-state index contributed by atoms with van der Waals surface area (Å²) in [5.41, 5.74) is 0.981. The van der Waals surface area contributed by atoms with Gasteiger partial charge >= 0.3 is 0 Å². The fraction of sp³-hybridized carbons (Fsp3) is 0.438. The highest BCUT2D eigenvalue weighted by Gasteiger charge is 2.25. The lowest BCUT2D eigenvalue weighted by Gasteiger charge is -2.20. The number of methoxy groups -OCH3 is 1. The van der Waals surface area contributed by atoms with Crippen LogP contribution in [0.1, 0.15) is 18.7 Å². The topological polar surface area (TPSA) is 58.7 Å². The Kier molecular flexibility index (Phi) is 4.22. The number of rotatable bonds is 5. The van der Waals surface area contributed by atoms with Crippen molar-refractivity contribution in [1.29, 1.82) is 0 Å². The monoisotopic (exact) mass is 288 g/mol. The first-order valence-electron chi connectivity index (χ1n) is 7.24. The zero-order valence-electron chi connectivity index (χ0n) is 12.2. The zero-order chi connectivity index (χ0) is 14.7. The van der Waals surface area contributed by atoms with Crippen LogP contribution in [0.15, 0.2) is 34.9 Å². The summed E-state index contributed by atoms with van der Waals surface area (Å²) in [6.07, 6.45) is 3.92. The van der Waals surface area contributed by atoms with Crippen molar-refractivity contribution in [1.82, 2.24) is 9.88 Å². The minimum Gasteiger partial charge on any atom is -0.497 e. The first-order chi connectivity index (χ1) is 10.3. The van der Waals surface area contributed by atoms with Crippen molar-refractivity contribution in [3.8, 4) is 17.1 Å². The molecule has 0 radical (unpaired) electrons. The molecule has 2 heterocycles. The molecule has 0 aliphatic carbocycles. The predicted octanol–water partition coefficient (Wildman–Crippen LogP) is 2.31. The average molecular weight is 288 g/mol. The van der Waals surface area contributed by atoms with E-state index < -0.39 is 0 Å². The molecule has 0 saturated carbocycles. The van der Waals surface area contributed by atoms with E-state index in [0.29, 0.717) is 12.4 Å². The number of aromatic nitrogens is 1. The van der Waals surface area contributed by atoms with Crippen LogP contribution in [-0.4, -0.2) is 41.3 Å². The van der Waals surface area contributed by atoms with Crippen molar-refractivity contribution in [2.75, 3.05) is 20.3 Å². The van der Waals surface area contributed by atoms with Crippen molar-refractivity contribution in [3.63, 3.8) is 0 Å². The fourth-order valence-corrected chi connectivity index (χ4v) is 2.76. The summed E-state index contributed by atoms with van der Waals surface area (Å²) in [7, 11) is 1.65. The summed E-state index contributed by atoms with van der Waals surface area (Å²) < 4.78 is 11.0. The molecule has 0 unspecified atom stereocenters. The van der Waals surface area contributed by atoms with Gasteiger partial charge in [-0.25, -0.2) is 4.98 Å². The third-order valence-corrected chi connectivity index (χ3v) is 3.98. The zero-order valence-corrected chi connectivity index (χ0v) is 12.2. The predicted molar refractivity (Wildman–Crippen MR) is 79.0 cm³/mol. The maximum Gasteiger partial charge on any atom is 0.209 e. The largest absolute Gasteiger partial charge is 0.497 e. The number of benzene rings is 1. The molecule has 0 bridgehead atoms. The molecule has 0 spiro atoms. The molecule has 1 fully saturated rings. The van der Waals surface area contributed by atoms with Crippen LogP contribution in [-0.2, 0) is 6.54 Å². The Labute approximate surface area is 124 Å². The van der Waals surface area contributed by atoms with Crippen LogP contribution in [0.4, 0.5) is 0 Å². The van der Waals surface area contributed by atoms with Crippen LogP contribution >= 0.6 is 0 Å². The Bertz CT molecular complexity index is 579. The van der Waals surface area contributed by atoms with E-state index in [2.05, 4.69) is 9.88 Å². The third kappa shape index (κ3) is 3.09. The summed E-state index contributed by atoms with van der Waals surface area (Å²) in [6, 6.07) is 7.95. The Hall–Kier alpha value is -1.85. The van der Waals surface area contributed by atoms with Gasteiger partial charge in [-0.05, 0) is 43.7 Å². The fourth-order valence-electron chi connectivity index (χ4n) is 2.76. The Morgan fingerprint density at radius 3 is 2.90 bits per heavy atom. The van der Waals surface area contributed by atoms with Gasteiger partial charge in [0, 0.05) is 11.6 Å². The molecule has 3 rings (SSSR count). The van der Waals surface area contributed by atoms with E-state index in [1.54, 1.807) is 13.3 Å². The standard InChI is InChI=1S/C16H20N2O3/c1-20-14-6-4-12(5-7-14)15-9-17-16(21-15)10-18-8-2-3-13(18)11-19/h4-7,9,13,19H,2-3,8,10-11H2,1H3/t13-/m1/s1. The van der Waals surface area contributed by atoms with Crippen LogP contribution in [0.2, 0.25) is 0 Å². The molecule has 21 heavy (non-hydrogen) atoms. The second-order valence-electron chi connectivity index (χ2n) is 5.30. The number of likely N-dealkylation sites (tertiary alicyclic amines) is 1. The molecule has 1 aromatic heterocycles. The molecule has 112 valence electrons. The van der Waals surface area contributed by atoms with Crippen LogP contribution in [0, 0.1) is 0 Å². The molecule has 1 aliphatic rings. The third-order valence-electron chi connectivity index (χ3n) is 3.98. The van der Waals surface area contributed by atoms with Gasteiger partial charge in [0.15, 0.2) is 5.76 Å². The summed E-state index contributed by atoms with van der Waals surface area (Å²) in [5, 5.41) is 9.34. The van der Waals surface area contributed by atoms with E-state index in [4.69, 9.17) is 9.15 Å². The molecule has 1 aromatic carbocycles. The number of ether oxygens (including phenoxy) is 1. The minimum absolute atomic E-state index is 0.200. The van der Waals surface area contributed by atoms with Crippen LogP contribution in [0.5, 0.6) is 5.75 Å². The van der Waals surface area contributed by atoms with Gasteiger partial charge < -0.3 is 14.3 Å². The highest BCUT2D eigenvalue weighted by molar-refractivity contribution is 5.57. The Balaban J connectivity index is 1.70. The minimum atomic E-state index is 0.200. The average Bonchev–Trinajstić information content (AvgIpc) is 3.17. The van der Waals surface area contributed by atoms with E-state index in [1.165, 1.54) is 0 Å². The van der Waals surface area contributed by atoms with Gasteiger partial charge in [0.2, 0.25) is 5.89 Å². The molecule has 1 atom stereocenters. The van der Waals surface area contributed by atoms with E-state index in [0.717, 1.165) is 36.5 Å². The molecule has 1 N–H and O–H groups in total. The maximum atomic E-state index is 9.34. The van der Waals surface area contributed by atoms with Gasteiger partial charge in [0.25, 0.3) is 0 Å². The van der Waals surface area contributed by atoms with Crippen LogP contribution < -0.4 is 4.74 Å². The Morgan fingerprint density at radius 2 is 2.19 bits per heavy atom. The van der Waals surface area contributed by atoms with E-state index in [-0.39, 0.29) is 12.6 Å². The van der Waals surface area contributed by atoms with Gasteiger partial charge in [0.1, 0.15) is 5.75 Å². The SMILES string of the molecule is COc1ccc(-c2cnc(CN3CCC[C@@H]3CO)o2)cc1. The van der Waals surface area contributed by atoms with Crippen LogP contribution in [0.25, 0.3) is 11.3 Å². The second kappa shape index (κ2) is 6.28. The lowest BCUT2D eigenvalue weighted by atomic mass is 10.2. The number of aliphatic hydroxyl groups is 1. The molecular weight excluding hydrogens is 268 g/mol. The van der Waals surface area contributed by atoms with Crippen molar-refractivity contribution >= 4 is 0 Å². The molecule has 1 saturated heterocycles.